The van der Waals surface area contributed by atoms with Crippen LogP contribution >= 0.6 is 11.6 Å². The Morgan fingerprint density at radius 1 is 1.13 bits per heavy atom. The number of benzene rings is 2. The molecular formula is C16H14ClFN2O3. The fourth-order valence-corrected chi connectivity index (χ4v) is 1.86. The van der Waals surface area contributed by atoms with E-state index in [1.165, 1.54) is 19.1 Å². The highest BCUT2D eigenvalue weighted by molar-refractivity contribution is 6.30. The predicted octanol–water partition coefficient (Wildman–Crippen LogP) is 2.71. The van der Waals surface area contributed by atoms with Crippen molar-refractivity contribution in [3.63, 3.8) is 0 Å². The maximum Gasteiger partial charge on any atom is 0.279 e. The SMILES string of the molecule is C[C@H](Oc1ccc(F)c(Cl)c1)C(=O)NNC(=O)c1ccccc1. The first-order chi connectivity index (χ1) is 11.0. The zero-order chi connectivity index (χ0) is 16.8. The number of carbonyl (C=O) groups is 2. The van der Waals surface area contributed by atoms with Gasteiger partial charge in [0.05, 0.1) is 5.02 Å². The number of hydrazine groups is 1. The van der Waals surface area contributed by atoms with Crippen LogP contribution in [0.1, 0.15) is 17.3 Å². The van der Waals surface area contributed by atoms with E-state index in [0.717, 1.165) is 6.07 Å². The number of nitrogens with one attached hydrogen (secondary N) is 2. The molecule has 120 valence electrons. The van der Waals surface area contributed by atoms with Crippen LogP contribution in [0.4, 0.5) is 4.39 Å². The molecule has 7 heteroatoms. The molecular weight excluding hydrogens is 323 g/mol. The number of hydrogen-bond acceptors (Lipinski definition) is 3. The standard InChI is InChI=1S/C16H14ClFN2O3/c1-10(23-12-7-8-14(18)13(17)9-12)15(21)19-20-16(22)11-5-3-2-4-6-11/h2-10H,1H3,(H,19,21)(H,20,22)/t10-/m0/s1. The first-order valence-electron chi connectivity index (χ1n) is 6.74. The number of hydrogen-bond donors (Lipinski definition) is 2. The summed E-state index contributed by atoms with van der Waals surface area (Å²) in [5.74, 6) is -1.34. The number of carbonyl (C=O) groups excluding carboxylic acids is 2. The Bertz CT molecular complexity index is 710. The van der Waals surface area contributed by atoms with Crippen LogP contribution in [-0.2, 0) is 4.79 Å². The molecule has 0 fully saturated rings. The summed E-state index contributed by atoms with van der Waals surface area (Å²) in [4.78, 5) is 23.7. The summed E-state index contributed by atoms with van der Waals surface area (Å²) < 4.78 is 18.4. The van der Waals surface area contributed by atoms with Crippen LogP contribution in [0.15, 0.2) is 48.5 Å². The maximum atomic E-state index is 13.1. The van der Waals surface area contributed by atoms with Gasteiger partial charge in [0, 0.05) is 11.6 Å². The number of halogens is 2. The molecule has 2 amide bonds. The van der Waals surface area contributed by atoms with E-state index >= 15 is 0 Å². The minimum atomic E-state index is -0.910. The van der Waals surface area contributed by atoms with E-state index < -0.39 is 23.7 Å². The molecule has 0 aliphatic rings. The highest BCUT2D eigenvalue weighted by Gasteiger charge is 2.16. The summed E-state index contributed by atoms with van der Waals surface area (Å²) in [6.07, 6.45) is -0.910. The van der Waals surface area contributed by atoms with Gasteiger partial charge >= 0.3 is 0 Å². The zero-order valence-corrected chi connectivity index (χ0v) is 12.9. The van der Waals surface area contributed by atoms with E-state index in [1.807, 2.05) is 0 Å². The van der Waals surface area contributed by atoms with Gasteiger partial charge in [0.25, 0.3) is 11.8 Å². The van der Waals surface area contributed by atoms with Crippen molar-refractivity contribution in [2.24, 2.45) is 0 Å². The van der Waals surface area contributed by atoms with Gasteiger partial charge in [-0.15, -0.1) is 0 Å². The minimum absolute atomic E-state index is 0.104. The van der Waals surface area contributed by atoms with Gasteiger partial charge < -0.3 is 4.74 Å². The second-order valence-corrected chi connectivity index (χ2v) is 5.05. The lowest BCUT2D eigenvalue weighted by Gasteiger charge is -2.15. The van der Waals surface area contributed by atoms with Crippen molar-refractivity contribution >= 4 is 23.4 Å². The molecule has 5 nitrogen and oxygen atoms in total. The third-order valence-corrected chi connectivity index (χ3v) is 3.20. The van der Waals surface area contributed by atoms with Crippen molar-refractivity contribution in [3.8, 4) is 5.75 Å². The molecule has 0 spiro atoms. The molecule has 0 bridgehead atoms. The molecule has 2 rings (SSSR count). The van der Waals surface area contributed by atoms with Crippen molar-refractivity contribution in [1.29, 1.82) is 0 Å². The summed E-state index contributed by atoms with van der Waals surface area (Å²) in [7, 11) is 0. The molecule has 1 atom stereocenters. The van der Waals surface area contributed by atoms with Crippen LogP contribution in [0.2, 0.25) is 5.02 Å². The highest BCUT2D eigenvalue weighted by atomic mass is 35.5. The van der Waals surface area contributed by atoms with E-state index in [9.17, 15) is 14.0 Å². The predicted molar refractivity (Wildman–Crippen MR) is 83.6 cm³/mol. The Morgan fingerprint density at radius 2 is 1.83 bits per heavy atom. The van der Waals surface area contributed by atoms with Crippen LogP contribution in [-0.4, -0.2) is 17.9 Å². The van der Waals surface area contributed by atoms with Crippen LogP contribution in [0.5, 0.6) is 5.75 Å². The van der Waals surface area contributed by atoms with Crippen molar-refractivity contribution in [1.82, 2.24) is 10.9 Å². The van der Waals surface area contributed by atoms with Gasteiger partial charge in [0.2, 0.25) is 0 Å². The van der Waals surface area contributed by atoms with Gasteiger partial charge in [-0.25, -0.2) is 4.39 Å². The second-order valence-electron chi connectivity index (χ2n) is 4.65. The smallest absolute Gasteiger partial charge is 0.279 e. The molecule has 23 heavy (non-hydrogen) atoms. The van der Waals surface area contributed by atoms with Crippen molar-refractivity contribution in [2.45, 2.75) is 13.0 Å². The van der Waals surface area contributed by atoms with E-state index in [1.54, 1.807) is 30.3 Å². The molecule has 0 aromatic heterocycles. The topological polar surface area (TPSA) is 67.4 Å². The fraction of sp³-hybridized carbons (Fsp3) is 0.125. The molecule has 2 N–H and O–H groups in total. The Morgan fingerprint density at radius 3 is 2.48 bits per heavy atom. The Balaban J connectivity index is 1.87. The first-order valence-corrected chi connectivity index (χ1v) is 7.12. The maximum absolute atomic E-state index is 13.1. The zero-order valence-electron chi connectivity index (χ0n) is 12.2. The molecule has 0 saturated heterocycles. The summed E-state index contributed by atoms with van der Waals surface area (Å²) in [6.45, 7) is 1.49. The van der Waals surface area contributed by atoms with Crippen molar-refractivity contribution in [3.05, 3.63) is 64.9 Å². The van der Waals surface area contributed by atoms with Gasteiger partial charge in [-0.1, -0.05) is 29.8 Å². The molecule has 0 heterocycles. The van der Waals surface area contributed by atoms with Crippen molar-refractivity contribution < 1.29 is 18.7 Å². The highest BCUT2D eigenvalue weighted by Crippen LogP contribution is 2.21. The van der Waals surface area contributed by atoms with Crippen LogP contribution in [0.25, 0.3) is 0 Å². The van der Waals surface area contributed by atoms with Crippen molar-refractivity contribution in [2.75, 3.05) is 0 Å². The average molecular weight is 337 g/mol. The molecule has 2 aromatic carbocycles. The van der Waals surface area contributed by atoms with Gasteiger partial charge in [0.1, 0.15) is 11.6 Å². The molecule has 0 aliphatic heterocycles. The van der Waals surface area contributed by atoms with E-state index in [2.05, 4.69) is 10.9 Å². The van der Waals surface area contributed by atoms with Gasteiger partial charge in [-0.2, -0.15) is 0 Å². The Kier molecular flexibility index (Phi) is 5.54. The monoisotopic (exact) mass is 336 g/mol. The third-order valence-electron chi connectivity index (χ3n) is 2.91. The number of amides is 2. The normalized spacial score (nSPS) is 11.4. The van der Waals surface area contributed by atoms with E-state index in [4.69, 9.17) is 16.3 Å². The minimum Gasteiger partial charge on any atom is -0.481 e. The largest absolute Gasteiger partial charge is 0.481 e. The third kappa shape index (κ3) is 4.69. The molecule has 0 saturated carbocycles. The quantitative estimate of drug-likeness (QED) is 0.844. The summed E-state index contributed by atoms with van der Waals surface area (Å²) >= 11 is 5.63. The number of rotatable bonds is 4. The molecule has 2 aromatic rings. The Labute approximate surface area is 137 Å². The lowest BCUT2D eigenvalue weighted by atomic mass is 10.2. The molecule has 0 unspecified atom stereocenters. The van der Waals surface area contributed by atoms with Crippen LogP contribution in [0, 0.1) is 5.82 Å². The second kappa shape index (κ2) is 7.60. The summed E-state index contributed by atoms with van der Waals surface area (Å²) in [6, 6.07) is 12.2. The fourth-order valence-electron chi connectivity index (χ4n) is 1.69. The van der Waals surface area contributed by atoms with Crippen LogP contribution < -0.4 is 15.6 Å². The first kappa shape index (κ1) is 16.8. The van der Waals surface area contributed by atoms with Gasteiger partial charge in [-0.3, -0.25) is 20.4 Å². The van der Waals surface area contributed by atoms with E-state index in [-0.39, 0.29) is 10.8 Å². The molecule has 0 aliphatic carbocycles. The summed E-state index contributed by atoms with van der Waals surface area (Å²) in [5, 5.41) is -0.104. The Hall–Kier alpha value is -2.60. The van der Waals surface area contributed by atoms with Crippen LogP contribution in [0.3, 0.4) is 0 Å². The average Bonchev–Trinajstić information content (AvgIpc) is 2.56. The lowest BCUT2D eigenvalue weighted by molar-refractivity contribution is -0.128. The van der Waals surface area contributed by atoms with Gasteiger partial charge in [-0.05, 0) is 31.2 Å². The van der Waals surface area contributed by atoms with Gasteiger partial charge in [0.15, 0.2) is 6.10 Å². The summed E-state index contributed by atoms with van der Waals surface area (Å²) in [5.41, 5.74) is 4.95. The van der Waals surface area contributed by atoms with E-state index in [0.29, 0.717) is 5.56 Å². The molecule has 0 radical (unpaired) electrons. The number of ether oxygens (including phenoxy) is 1. The lowest BCUT2D eigenvalue weighted by Crippen LogP contribution is -2.47.